The minimum absolute atomic E-state index is 0.000404. The summed E-state index contributed by atoms with van der Waals surface area (Å²) in [6, 6.07) is 8.61. The highest BCUT2D eigenvalue weighted by atomic mass is 35.5. The molecule has 0 aliphatic rings. The smallest absolute Gasteiger partial charge is 0.181 e. The molecule has 19 heavy (non-hydrogen) atoms. The van der Waals surface area contributed by atoms with Gasteiger partial charge in [-0.15, -0.1) is 0 Å². The summed E-state index contributed by atoms with van der Waals surface area (Å²) in [6.45, 7) is 1.57. The molecule has 0 amide bonds. The fraction of sp³-hybridized carbons (Fsp3) is 0.154. The van der Waals surface area contributed by atoms with Gasteiger partial charge in [0, 0.05) is 16.8 Å². The Morgan fingerprint density at radius 2 is 1.74 bits per heavy atom. The first-order valence-electron chi connectivity index (χ1n) is 5.58. The maximum Gasteiger partial charge on any atom is 0.181 e. The van der Waals surface area contributed by atoms with Crippen LogP contribution in [0.2, 0.25) is 10.2 Å². The molecule has 100 valence electrons. The van der Waals surface area contributed by atoms with E-state index in [9.17, 15) is 8.42 Å². The van der Waals surface area contributed by atoms with E-state index >= 15 is 0 Å². The Balaban J connectivity index is 2.56. The Kier molecular flexibility index (Phi) is 4.13. The van der Waals surface area contributed by atoms with Gasteiger partial charge in [0.1, 0.15) is 10.0 Å². The zero-order valence-electron chi connectivity index (χ0n) is 10.1. The second-order valence-electron chi connectivity index (χ2n) is 3.92. The van der Waals surface area contributed by atoms with Gasteiger partial charge in [-0.25, -0.2) is 13.4 Å². The predicted molar refractivity (Wildman–Crippen MR) is 77.4 cm³/mol. The number of rotatable bonds is 3. The standard InChI is InChI=1S/C13H11Cl2NO2S/c1-2-19(17,18)12-7-10(8-16-13(12)15)9-3-5-11(14)6-4-9/h3-8H,2H2,1H3. The van der Waals surface area contributed by atoms with E-state index in [0.717, 1.165) is 5.56 Å². The van der Waals surface area contributed by atoms with Crippen LogP contribution in [0, 0.1) is 0 Å². The molecule has 0 aliphatic heterocycles. The van der Waals surface area contributed by atoms with E-state index in [-0.39, 0.29) is 15.8 Å². The molecule has 1 aromatic carbocycles. The van der Waals surface area contributed by atoms with Crippen LogP contribution in [0.4, 0.5) is 0 Å². The molecule has 0 saturated carbocycles. The van der Waals surface area contributed by atoms with Crippen molar-refractivity contribution in [2.45, 2.75) is 11.8 Å². The van der Waals surface area contributed by atoms with Crippen LogP contribution in [-0.2, 0) is 9.84 Å². The van der Waals surface area contributed by atoms with Crippen LogP contribution < -0.4 is 0 Å². The topological polar surface area (TPSA) is 47.0 Å². The van der Waals surface area contributed by atoms with Gasteiger partial charge in [0.2, 0.25) is 0 Å². The molecule has 0 bridgehead atoms. The molecule has 0 radical (unpaired) electrons. The summed E-state index contributed by atoms with van der Waals surface area (Å²) in [6.07, 6.45) is 1.54. The van der Waals surface area contributed by atoms with Gasteiger partial charge in [-0.3, -0.25) is 0 Å². The van der Waals surface area contributed by atoms with Crippen molar-refractivity contribution in [2.24, 2.45) is 0 Å². The Hall–Kier alpha value is -1.10. The number of hydrogen-bond acceptors (Lipinski definition) is 3. The van der Waals surface area contributed by atoms with Gasteiger partial charge in [-0.2, -0.15) is 0 Å². The first-order chi connectivity index (χ1) is 8.94. The van der Waals surface area contributed by atoms with Gasteiger partial charge < -0.3 is 0 Å². The number of pyridine rings is 1. The molecule has 0 N–H and O–H groups in total. The molecule has 0 atom stereocenters. The maximum absolute atomic E-state index is 11.9. The predicted octanol–water partition coefficient (Wildman–Crippen LogP) is 3.85. The summed E-state index contributed by atoms with van der Waals surface area (Å²) < 4.78 is 23.8. The Morgan fingerprint density at radius 1 is 1.11 bits per heavy atom. The monoisotopic (exact) mass is 315 g/mol. The summed E-state index contributed by atoms with van der Waals surface area (Å²) in [5.41, 5.74) is 1.52. The molecule has 1 aromatic heterocycles. The van der Waals surface area contributed by atoms with Crippen LogP contribution in [0.5, 0.6) is 0 Å². The highest BCUT2D eigenvalue weighted by Crippen LogP contribution is 2.27. The molecule has 1 heterocycles. The molecule has 0 aliphatic carbocycles. The normalized spacial score (nSPS) is 11.5. The van der Waals surface area contributed by atoms with Gasteiger partial charge in [-0.1, -0.05) is 42.3 Å². The third-order valence-corrected chi connectivity index (χ3v) is 5.11. The lowest BCUT2D eigenvalue weighted by molar-refractivity contribution is 0.597. The number of benzene rings is 1. The average molecular weight is 316 g/mol. The molecule has 2 rings (SSSR count). The van der Waals surface area contributed by atoms with Crippen LogP contribution >= 0.6 is 23.2 Å². The van der Waals surface area contributed by atoms with Crippen LogP contribution in [-0.4, -0.2) is 19.2 Å². The van der Waals surface area contributed by atoms with E-state index in [1.165, 1.54) is 6.07 Å². The molecule has 2 aromatic rings. The minimum atomic E-state index is -3.39. The van der Waals surface area contributed by atoms with Crippen molar-refractivity contribution in [3.05, 3.63) is 46.7 Å². The average Bonchev–Trinajstić information content (AvgIpc) is 2.40. The molecule has 0 unspecified atom stereocenters. The van der Waals surface area contributed by atoms with E-state index < -0.39 is 9.84 Å². The number of sulfone groups is 1. The SMILES string of the molecule is CCS(=O)(=O)c1cc(-c2ccc(Cl)cc2)cnc1Cl. The van der Waals surface area contributed by atoms with Crippen molar-refractivity contribution in [1.29, 1.82) is 0 Å². The zero-order chi connectivity index (χ0) is 14.0. The molecule has 0 fully saturated rings. The van der Waals surface area contributed by atoms with E-state index in [2.05, 4.69) is 4.98 Å². The van der Waals surface area contributed by atoms with E-state index in [0.29, 0.717) is 10.6 Å². The minimum Gasteiger partial charge on any atom is -0.243 e. The van der Waals surface area contributed by atoms with Gasteiger partial charge in [0.15, 0.2) is 9.84 Å². The largest absolute Gasteiger partial charge is 0.243 e. The Bertz CT molecular complexity index is 697. The van der Waals surface area contributed by atoms with Crippen molar-refractivity contribution in [2.75, 3.05) is 5.75 Å². The van der Waals surface area contributed by atoms with Gasteiger partial charge in [0.05, 0.1) is 5.75 Å². The van der Waals surface area contributed by atoms with Crippen molar-refractivity contribution in [3.8, 4) is 11.1 Å². The molecule has 6 heteroatoms. The second kappa shape index (κ2) is 5.49. The fourth-order valence-electron chi connectivity index (χ4n) is 1.60. The molecular formula is C13H11Cl2NO2S. The first-order valence-corrected chi connectivity index (χ1v) is 7.99. The van der Waals surface area contributed by atoms with Crippen molar-refractivity contribution in [3.63, 3.8) is 0 Å². The molecule has 0 spiro atoms. The van der Waals surface area contributed by atoms with E-state index in [1.807, 2.05) is 0 Å². The lowest BCUT2D eigenvalue weighted by Crippen LogP contribution is -2.05. The van der Waals surface area contributed by atoms with Gasteiger partial charge >= 0.3 is 0 Å². The number of nitrogens with zero attached hydrogens (tertiary/aromatic N) is 1. The zero-order valence-corrected chi connectivity index (χ0v) is 12.4. The molecular weight excluding hydrogens is 305 g/mol. The van der Waals surface area contributed by atoms with Gasteiger partial charge in [-0.05, 0) is 23.8 Å². The number of aromatic nitrogens is 1. The van der Waals surface area contributed by atoms with E-state index in [4.69, 9.17) is 23.2 Å². The molecule has 0 saturated heterocycles. The summed E-state index contributed by atoms with van der Waals surface area (Å²) in [5.74, 6) is -0.0154. The highest BCUT2D eigenvalue weighted by Gasteiger charge is 2.17. The number of hydrogen-bond donors (Lipinski definition) is 0. The second-order valence-corrected chi connectivity index (χ2v) is 6.96. The van der Waals surface area contributed by atoms with Crippen LogP contribution in [0.15, 0.2) is 41.4 Å². The van der Waals surface area contributed by atoms with Crippen molar-refractivity contribution >= 4 is 33.0 Å². The quantitative estimate of drug-likeness (QED) is 0.808. The van der Waals surface area contributed by atoms with Crippen LogP contribution in [0.25, 0.3) is 11.1 Å². The summed E-state index contributed by atoms with van der Waals surface area (Å²) in [7, 11) is -3.39. The third-order valence-electron chi connectivity index (χ3n) is 2.70. The first kappa shape index (κ1) is 14.3. The van der Waals surface area contributed by atoms with Crippen LogP contribution in [0.1, 0.15) is 6.92 Å². The Morgan fingerprint density at radius 3 is 2.32 bits per heavy atom. The van der Waals surface area contributed by atoms with Crippen LogP contribution in [0.3, 0.4) is 0 Å². The number of halogens is 2. The summed E-state index contributed by atoms with van der Waals surface area (Å²) in [4.78, 5) is 4.00. The lowest BCUT2D eigenvalue weighted by atomic mass is 10.1. The van der Waals surface area contributed by atoms with E-state index in [1.54, 1.807) is 37.4 Å². The summed E-state index contributed by atoms with van der Waals surface area (Å²) >= 11 is 11.7. The lowest BCUT2D eigenvalue weighted by Gasteiger charge is -2.07. The fourth-order valence-corrected chi connectivity index (χ4v) is 3.11. The Labute approximate surface area is 122 Å². The summed E-state index contributed by atoms with van der Waals surface area (Å²) in [5, 5.41) is 0.617. The van der Waals surface area contributed by atoms with Crippen molar-refractivity contribution in [1.82, 2.24) is 4.98 Å². The molecule has 3 nitrogen and oxygen atoms in total. The third kappa shape index (κ3) is 3.08. The highest BCUT2D eigenvalue weighted by molar-refractivity contribution is 7.91. The van der Waals surface area contributed by atoms with Gasteiger partial charge in [0.25, 0.3) is 0 Å². The van der Waals surface area contributed by atoms with Crippen molar-refractivity contribution < 1.29 is 8.42 Å². The maximum atomic E-state index is 11.9.